The fourth-order valence-electron chi connectivity index (χ4n) is 4.16. The summed E-state index contributed by atoms with van der Waals surface area (Å²) in [6.07, 6.45) is 3.35. The monoisotopic (exact) mass is 395 g/mol. The molecule has 29 heavy (non-hydrogen) atoms. The van der Waals surface area contributed by atoms with Crippen molar-refractivity contribution in [3.63, 3.8) is 0 Å². The molecule has 1 fully saturated rings. The van der Waals surface area contributed by atoms with E-state index in [9.17, 15) is 4.79 Å². The molecule has 2 aliphatic heterocycles. The maximum absolute atomic E-state index is 11.5. The lowest BCUT2D eigenvalue weighted by Gasteiger charge is -2.38. The van der Waals surface area contributed by atoms with Gasteiger partial charge in [-0.1, -0.05) is 12.1 Å². The molecule has 4 rings (SSSR count). The molecule has 6 nitrogen and oxygen atoms in total. The van der Waals surface area contributed by atoms with Gasteiger partial charge in [0.05, 0.1) is 19.4 Å². The van der Waals surface area contributed by atoms with E-state index in [1.54, 1.807) is 7.11 Å². The number of benzene rings is 2. The molecule has 0 saturated carbocycles. The molecule has 6 heteroatoms. The van der Waals surface area contributed by atoms with Gasteiger partial charge in [-0.3, -0.25) is 4.79 Å². The van der Waals surface area contributed by atoms with Crippen LogP contribution in [0.4, 0.5) is 11.4 Å². The van der Waals surface area contributed by atoms with Gasteiger partial charge >= 0.3 is 0 Å². The second-order valence-corrected chi connectivity index (χ2v) is 7.58. The Morgan fingerprint density at radius 2 is 2.07 bits per heavy atom. The predicted octanol–water partition coefficient (Wildman–Crippen LogP) is 3.22. The first-order valence-corrected chi connectivity index (χ1v) is 10.4. The number of piperazine rings is 1. The van der Waals surface area contributed by atoms with Gasteiger partial charge in [0.2, 0.25) is 5.91 Å². The Hall–Kier alpha value is -2.73. The van der Waals surface area contributed by atoms with Gasteiger partial charge in [-0.2, -0.15) is 0 Å². The first-order chi connectivity index (χ1) is 14.2. The van der Waals surface area contributed by atoms with Crippen LogP contribution in [0.15, 0.2) is 42.5 Å². The number of hydrogen-bond donors (Lipinski definition) is 2. The third-order valence-corrected chi connectivity index (χ3v) is 5.67. The number of anilines is 2. The van der Waals surface area contributed by atoms with Crippen molar-refractivity contribution in [3.05, 3.63) is 48.0 Å². The number of methoxy groups -OCH3 is 1. The molecule has 1 atom stereocenters. The van der Waals surface area contributed by atoms with E-state index in [0.29, 0.717) is 19.1 Å². The number of aryl methyl sites for hydroxylation is 1. The molecule has 0 aliphatic carbocycles. The molecule has 154 valence electrons. The number of nitrogens with zero attached hydrogens (tertiary/aromatic N) is 1. The summed E-state index contributed by atoms with van der Waals surface area (Å²) in [6.45, 7) is 3.61. The topological polar surface area (TPSA) is 62.8 Å². The Balaban J connectivity index is 1.32. The summed E-state index contributed by atoms with van der Waals surface area (Å²) < 4.78 is 11.6. The maximum atomic E-state index is 11.5. The van der Waals surface area contributed by atoms with Crippen LogP contribution in [0.3, 0.4) is 0 Å². The molecule has 0 spiro atoms. The van der Waals surface area contributed by atoms with Crippen molar-refractivity contribution in [1.29, 1.82) is 0 Å². The molecule has 0 radical (unpaired) electrons. The number of carbonyl (C=O) groups excluding carboxylic acids is 1. The van der Waals surface area contributed by atoms with Crippen LogP contribution in [0.25, 0.3) is 0 Å². The molecule has 0 bridgehead atoms. The van der Waals surface area contributed by atoms with E-state index in [2.05, 4.69) is 33.7 Å². The van der Waals surface area contributed by atoms with Gasteiger partial charge in [-0.25, -0.2) is 0 Å². The third-order valence-electron chi connectivity index (χ3n) is 5.67. The van der Waals surface area contributed by atoms with Crippen LogP contribution in [0.5, 0.6) is 11.5 Å². The number of rotatable bonds is 7. The third kappa shape index (κ3) is 4.65. The smallest absolute Gasteiger partial charge is 0.224 e. The fourth-order valence-corrected chi connectivity index (χ4v) is 4.16. The van der Waals surface area contributed by atoms with E-state index in [0.717, 1.165) is 61.6 Å². The van der Waals surface area contributed by atoms with Crippen LogP contribution in [-0.2, 0) is 11.2 Å². The Morgan fingerprint density at radius 1 is 1.17 bits per heavy atom. The molecule has 1 unspecified atom stereocenters. The first-order valence-electron chi connectivity index (χ1n) is 10.4. The minimum Gasteiger partial charge on any atom is -0.495 e. The minimum atomic E-state index is 0.0897. The zero-order chi connectivity index (χ0) is 20.1. The number of nitrogens with one attached hydrogen (secondary N) is 2. The van der Waals surface area contributed by atoms with E-state index in [-0.39, 0.29) is 5.91 Å². The number of para-hydroxylation sites is 2. The highest BCUT2D eigenvalue weighted by Crippen LogP contribution is 2.31. The molecule has 2 heterocycles. The average molecular weight is 396 g/mol. The molecule has 1 amide bonds. The van der Waals surface area contributed by atoms with E-state index in [4.69, 9.17) is 9.47 Å². The highest BCUT2D eigenvalue weighted by molar-refractivity contribution is 5.94. The number of hydrogen-bond acceptors (Lipinski definition) is 5. The molecule has 0 aromatic heterocycles. The second-order valence-electron chi connectivity index (χ2n) is 7.58. The number of fused-ring (bicyclic) bond motifs is 1. The lowest BCUT2D eigenvalue weighted by Crippen LogP contribution is -2.51. The Morgan fingerprint density at radius 3 is 2.97 bits per heavy atom. The second kappa shape index (κ2) is 9.18. The van der Waals surface area contributed by atoms with Crippen molar-refractivity contribution in [2.75, 3.05) is 43.6 Å². The van der Waals surface area contributed by atoms with Crippen molar-refractivity contribution < 1.29 is 14.3 Å². The highest BCUT2D eigenvalue weighted by atomic mass is 16.5. The summed E-state index contributed by atoms with van der Waals surface area (Å²) in [4.78, 5) is 13.9. The maximum Gasteiger partial charge on any atom is 0.224 e. The molecular formula is C23H29N3O3. The summed E-state index contributed by atoms with van der Waals surface area (Å²) in [5.74, 6) is 1.90. The van der Waals surface area contributed by atoms with Crippen LogP contribution in [0.2, 0.25) is 0 Å². The summed E-state index contributed by atoms with van der Waals surface area (Å²) in [5, 5.41) is 6.42. The fraction of sp³-hybridized carbons (Fsp3) is 0.435. The van der Waals surface area contributed by atoms with Crippen LogP contribution in [0, 0.1) is 0 Å². The van der Waals surface area contributed by atoms with E-state index >= 15 is 0 Å². The molecule has 2 aromatic rings. The zero-order valence-electron chi connectivity index (χ0n) is 16.9. The lowest BCUT2D eigenvalue weighted by molar-refractivity contribution is -0.116. The van der Waals surface area contributed by atoms with E-state index < -0.39 is 0 Å². The minimum absolute atomic E-state index is 0.0897. The summed E-state index contributed by atoms with van der Waals surface area (Å²) in [5.41, 5.74) is 3.23. The summed E-state index contributed by atoms with van der Waals surface area (Å²) in [6, 6.07) is 14.6. The standard InChI is InChI=1S/C23H29N3O3/c1-28-22-7-3-2-6-21(22)26-13-12-24-16-18(26)5-4-14-29-19-9-10-20-17(15-19)8-11-23(27)25-20/h2-3,6-7,9-10,15,18,24H,4-5,8,11-14,16H2,1H3,(H,25,27). The largest absolute Gasteiger partial charge is 0.495 e. The normalized spacial score (nSPS) is 18.7. The van der Waals surface area contributed by atoms with Gasteiger partial charge in [-0.05, 0) is 55.2 Å². The van der Waals surface area contributed by atoms with Crippen molar-refractivity contribution in [3.8, 4) is 11.5 Å². The van der Waals surface area contributed by atoms with Crippen molar-refractivity contribution in [2.45, 2.75) is 31.7 Å². The van der Waals surface area contributed by atoms with Crippen LogP contribution >= 0.6 is 0 Å². The Kier molecular flexibility index (Phi) is 6.20. The van der Waals surface area contributed by atoms with Gasteiger partial charge in [0.25, 0.3) is 0 Å². The summed E-state index contributed by atoms with van der Waals surface area (Å²) in [7, 11) is 1.73. The van der Waals surface area contributed by atoms with Gasteiger partial charge in [-0.15, -0.1) is 0 Å². The first kappa shape index (κ1) is 19.6. The lowest BCUT2D eigenvalue weighted by atomic mass is 10.0. The SMILES string of the molecule is COc1ccccc1N1CCNCC1CCCOc1ccc2c(c1)CCC(=O)N2. The van der Waals surface area contributed by atoms with Crippen molar-refractivity contribution >= 4 is 17.3 Å². The number of carbonyl (C=O) groups is 1. The summed E-state index contributed by atoms with van der Waals surface area (Å²) >= 11 is 0. The van der Waals surface area contributed by atoms with Gasteiger partial charge in [0.1, 0.15) is 11.5 Å². The molecule has 2 aromatic carbocycles. The average Bonchev–Trinajstić information content (AvgIpc) is 2.77. The van der Waals surface area contributed by atoms with Crippen LogP contribution in [0.1, 0.15) is 24.8 Å². The molecule has 1 saturated heterocycles. The van der Waals surface area contributed by atoms with Crippen LogP contribution in [-0.4, -0.2) is 45.3 Å². The molecule has 2 N–H and O–H groups in total. The van der Waals surface area contributed by atoms with Gasteiger partial charge in [0, 0.05) is 37.8 Å². The number of amides is 1. The molecule has 2 aliphatic rings. The number of ether oxygens (including phenoxy) is 2. The van der Waals surface area contributed by atoms with Crippen molar-refractivity contribution in [1.82, 2.24) is 5.32 Å². The molecular weight excluding hydrogens is 366 g/mol. The predicted molar refractivity (Wildman–Crippen MR) is 115 cm³/mol. The quantitative estimate of drug-likeness (QED) is 0.705. The Bertz CT molecular complexity index is 855. The highest BCUT2D eigenvalue weighted by Gasteiger charge is 2.24. The van der Waals surface area contributed by atoms with Gasteiger partial charge in [0.15, 0.2) is 0 Å². The van der Waals surface area contributed by atoms with Crippen molar-refractivity contribution in [2.24, 2.45) is 0 Å². The Labute approximate surface area is 172 Å². The van der Waals surface area contributed by atoms with E-state index in [1.165, 1.54) is 5.69 Å². The zero-order valence-corrected chi connectivity index (χ0v) is 16.9. The van der Waals surface area contributed by atoms with Crippen LogP contribution < -0.4 is 25.0 Å². The van der Waals surface area contributed by atoms with Gasteiger partial charge < -0.3 is 25.0 Å². The van der Waals surface area contributed by atoms with E-state index in [1.807, 2.05) is 24.3 Å².